The van der Waals surface area contributed by atoms with Gasteiger partial charge in [0.15, 0.2) is 23.0 Å². The van der Waals surface area contributed by atoms with E-state index in [4.69, 9.17) is 20.9 Å². The SMILES string of the molecule is CCN(C)C(=O)OCOc1cc(F)c(-c2cc(Cn3cnc4c(N)ncnc43)c(N3CCC[C@](N)([C@H](O)C(F)F)C3)cn2)cc1F. The van der Waals surface area contributed by atoms with E-state index in [1.165, 1.54) is 36.9 Å². The van der Waals surface area contributed by atoms with E-state index in [1.807, 2.05) is 0 Å². The summed E-state index contributed by atoms with van der Waals surface area (Å²) in [5.74, 6) is -2.11. The van der Waals surface area contributed by atoms with Gasteiger partial charge in [-0.25, -0.2) is 37.3 Å². The molecule has 0 radical (unpaired) electrons. The molecular weight excluding hydrogens is 614 g/mol. The highest BCUT2D eigenvalue weighted by molar-refractivity contribution is 5.81. The Morgan fingerprint density at radius 2 is 1.96 bits per heavy atom. The molecule has 0 unspecified atom stereocenters. The maximum atomic E-state index is 15.4. The summed E-state index contributed by atoms with van der Waals surface area (Å²) in [6, 6.07) is 3.25. The van der Waals surface area contributed by atoms with Crippen LogP contribution in [0.25, 0.3) is 22.4 Å². The minimum atomic E-state index is -3.04. The summed E-state index contributed by atoms with van der Waals surface area (Å²) in [4.78, 5) is 31.7. The molecular formula is C29H33F4N9O4. The molecule has 13 nitrogen and oxygen atoms in total. The summed E-state index contributed by atoms with van der Waals surface area (Å²) in [7, 11) is 1.51. The van der Waals surface area contributed by atoms with Crippen molar-refractivity contribution in [3.05, 3.63) is 54.2 Å². The van der Waals surface area contributed by atoms with Crippen molar-refractivity contribution in [2.45, 2.75) is 44.4 Å². The number of aliphatic hydroxyl groups is 1. The summed E-state index contributed by atoms with van der Waals surface area (Å²) in [5, 5.41) is 10.2. The van der Waals surface area contributed by atoms with Gasteiger partial charge in [-0.2, -0.15) is 0 Å². The first-order valence-electron chi connectivity index (χ1n) is 14.3. The Morgan fingerprint density at radius 3 is 2.70 bits per heavy atom. The molecule has 0 saturated carbocycles. The fourth-order valence-electron chi connectivity index (χ4n) is 5.28. The van der Waals surface area contributed by atoms with E-state index in [9.17, 15) is 18.7 Å². The summed E-state index contributed by atoms with van der Waals surface area (Å²) in [6.45, 7) is 1.87. The van der Waals surface area contributed by atoms with E-state index in [0.717, 1.165) is 12.1 Å². The number of aromatic nitrogens is 5. The van der Waals surface area contributed by atoms with Crippen molar-refractivity contribution in [2.24, 2.45) is 5.73 Å². The molecule has 1 aliphatic heterocycles. The average molecular weight is 648 g/mol. The van der Waals surface area contributed by atoms with Crippen molar-refractivity contribution >= 4 is 28.8 Å². The number of pyridine rings is 1. The Hall–Kier alpha value is -4.77. The predicted octanol–water partition coefficient (Wildman–Crippen LogP) is 3.15. The van der Waals surface area contributed by atoms with Crippen molar-refractivity contribution in [2.75, 3.05) is 44.1 Å². The molecule has 46 heavy (non-hydrogen) atoms. The lowest BCUT2D eigenvalue weighted by Crippen LogP contribution is -2.63. The Balaban J connectivity index is 1.49. The molecule has 1 fully saturated rings. The number of hydrogen-bond donors (Lipinski definition) is 3. The van der Waals surface area contributed by atoms with Crippen LogP contribution in [0.1, 0.15) is 25.3 Å². The van der Waals surface area contributed by atoms with Gasteiger partial charge in [0.05, 0.1) is 36.0 Å². The molecule has 2 atom stereocenters. The van der Waals surface area contributed by atoms with Crippen molar-refractivity contribution in [3.8, 4) is 17.0 Å². The number of carbonyl (C=O) groups is 1. The number of fused-ring (bicyclic) bond motifs is 1. The van der Waals surface area contributed by atoms with Gasteiger partial charge in [0.2, 0.25) is 6.79 Å². The lowest BCUT2D eigenvalue weighted by Gasteiger charge is -2.44. The van der Waals surface area contributed by atoms with Gasteiger partial charge < -0.3 is 40.4 Å². The van der Waals surface area contributed by atoms with Crippen molar-refractivity contribution in [1.29, 1.82) is 0 Å². The topological polar surface area (TPSA) is 171 Å². The summed E-state index contributed by atoms with van der Waals surface area (Å²) in [6.07, 6.45) is -1.03. The molecule has 1 aliphatic rings. The van der Waals surface area contributed by atoms with Gasteiger partial charge >= 0.3 is 6.09 Å². The van der Waals surface area contributed by atoms with Gasteiger partial charge in [0.1, 0.15) is 23.8 Å². The highest BCUT2D eigenvalue weighted by atomic mass is 19.3. The van der Waals surface area contributed by atoms with Crippen LogP contribution < -0.4 is 21.1 Å². The highest BCUT2D eigenvalue weighted by Crippen LogP contribution is 2.35. The van der Waals surface area contributed by atoms with E-state index in [-0.39, 0.29) is 36.6 Å². The number of imidazole rings is 1. The number of nitrogen functional groups attached to an aromatic ring is 1. The van der Waals surface area contributed by atoms with Gasteiger partial charge in [-0.05, 0) is 37.5 Å². The third-order valence-electron chi connectivity index (χ3n) is 7.94. The van der Waals surface area contributed by atoms with Crippen molar-refractivity contribution < 1.29 is 36.9 Å². The van der Waals surface area contributed by atoms with Crippen molar-refractivity contribution in [3.63, 3.8) is 0 Å². The zero-order chi connectivity index (χ0) is 33.2. The third kappa shape index (κ3) is 6.60. The molecule has 1 saturated heterocycles. The van der Waals surface area contributed by atoms with E-state index >= 15 is 8.78 Å². The van der Waals surface area contributed by atoms with Crippen LogP contribution >= 0.6 is 0 Å². The van der Waals surface area contributed by atoms with Gasteiger partial charge in [-0.3, -0.25) is 4.98 Å². The molecule has 0 spiro atoms. The van der Waals surface area contributed by atoms with E-state index in [1.54, 1.807) is 16.4 Å². The number of nitrogens with zero attached hydrogens (tertiary/aromatic N) is 7. The zero-order valence-electron chi connectivity index (χ0n) is 25.0. The van der Waals surface area contributed by atoms with E-state index in [0.29, 0.717) is 41.9 Å². The smallest absolute Gasteiger partial charge is 0.412 e. The number of amides is 1. The molecule has 4 heterocycles. The minimum Gasteiger partial charge on any atom is -0.454 e. The first-order valence-corrected chi connectivity index (χ1v) is 14.3. The summed E-state index contributed by atoms with van der Waals surface area (Å²) >= 11 is 0. The summed E-state index contributed by atoms with van der Waals surface area (Å²) in [5.41, 5.74) is 12.2. The number of piperidine rings is 1. The Labute approximate surface area is 260 Å². The van der Waals surface area contributed by atoms with Crippen LogP contribution in [0.5, 0.6) is 5.75 Å². The van der Waals surface area contributed by atoms with Gasteiger partial charge in [0.25, 0.3) is 6.43 Å². The predicted molar refractivity (Wildman–Crippen MR) is 159 cm³/mol. The number of halogens is 4. The quantitative estimate of drug-likeness (QED) is 0.171. The second kappa shape index (κ2) is 13.3. The standard InChI is InChI=1S/C29H33F4N9O4/c1-3-40(2)28(44)46-15-45-22-9-18(30)17(8-19(22)31)20-7-16(11-42-14-39-23-26(34)37-13-38-27(23)42)21(10-36-20)41-6-4-5-29(35,12-41)24(43)25(32)33/h7-10,13-14,24-25,43H,3-6,11-12,15,35H2,1-2H3,(H2,34,37,38)/t24-,29-/m1/s1. The molecule has 3 aromatic heterocycles. The zero-order valence-corrected chi connectivity index (χ0v) is 25.0. The van der Waals surface area contributed by atoms with Gasteiger partial charge in [0, 0.05) is 38.3 Å². The summed E-state index contributed by atoms with van der Waals surface area (Å²) < 4.78 is 69.1. The lowest BCUT2D eigenvalue weighted by molar-refractivity contribution is -0.0529. The molecule has 5 N–H and O–H groups in total. The fraction of sp³-hybridized carbons (Fsp3) is 0.414. The molecule has 1 aromatic carbocycles. The van der Waals surface area contributed by atoms with E-state index < -0.39 is 48.3 Å². The number of alkyl halides is 2. The Bertz CT molecular complexity index is 1730. The average Bonchev–Trinajstić information content (AvgIpc) is 3.45. The van der Waals surface area contributed by atoms with Crippen LogP contribution in [0.3, 0.4) is 0 Å². The first kappa shape index (κ1) is 32.6. The second-order valence-electron chi connectivity index (χ2n) is 11.0. The molecule has 0 bridgehead atoms. The molecule has 5 rings (SSSR count). The van der Waals surface area contributed by atoms with Crippen LogP contribution in [0.2, 0.25) is 0 Å². The van der Waals surface area contributed by atoms with Crippen LogP contribution in [-0.2, 0) is 11.3 Å². The third-order valence-corrected chi connectivity index (χ3v) is 7.94. The van der Waals surface area contributed by atoms with Crippen LogP contribution in [0, 0.1) is 11.6 Å². The van der Waals surface area contributed by atoms with Crippen molar-refractivity contribution in [1.82, 2.24) is 29.4 Å². The highest BCUT2D eigenvalue weighted by Gasteiger charge is 2.43. The Morgan fingerprint density at radius 1 is 1.17 bits per heavy atom. The minimum absolute atomic E-state index is 0.0555. The number of hydrogen-bond acceptors (Lipinski definition) is 11. The lowest BCUT2D eigenvalue weighted by atomic mass is 9.84. The van der Waals surface area contributed by atoms with Crippen LogP contribution in [0.15, 0.2) is 37.1 Å². The first-order chi connectivity index (χ1) is 21.9. The largest absolute Gasteiger partial charge is 0.454 e. The second-order valence-corrected chi connectivity index (χ2v) is 11.0. The maximum absolute atomic E-state index is 15.4. The number of ether oxygens (including phenoxy) is 2. The number of aliphatic hydroxyl groups excluding tert-OH is 1. The number of benzene rings is 1. The normalized spacial score (nSPS) is 17.4. The Kier molecular flexibility index (Phi) is 9.43. The molecule has 0 aliphatic carbocycles. The number of carbonyl (C=O) groups excluding carboxylic acids is 1. The molecule has 4 aromatic rings. The molecule has 1 amide bonds. The fourth-order valence-corrected chi connectivity index (χ4v) is 5.28. The number of anilines is 2. The van der Waals surface area contributed by atoms with Crippen LogP contribution in [-0.4, -0.2) is 92.1 Å². The van der Waals surface area contributed by atoms with E-state index in [2.05, 4.69) is 19.9 Å². The monoisotopic (exact) mass is 647 g/mol. The molecule has 17 heteroatoms. The van der Waals surface area contributed by atoms with Gasteiger partial charge in [-0.15, -0.1) is 0 Å². The van der Waals surface area contributed by atoms with Crippen LogP contribution in [0.4, 0.5) is 33.9 Å². The number of nitrogens with two attached hydrogens (primary N) is 2. The molecule has 246 valence electrons. The maximum Gasteiger partial charge on any atom is 0.412 e. The number of rotatable bonds is 10. The van der Waals surface area contributed by atoms with Gasteiger partial charge in [-0.1, -0.05) is 0 Å².